The van der Waals surface area contributed by atoms with Gasteiger partial charge in [-0.3, -0.25) is 9.59 Å². The number of methoxy groups -OCH3 is 1. The van der Waals surface area contributed by atoms with E-state index in [2.05, 4.69) is 4.98 Å². The van der Waals surface area contributed by atoms with Crippen LogP contribution in [0.15, 0.2) is 18.3 Å². The van der Waals surface area contributed by atoms with E-state index >= 15 is 8.78 Å². The van der Waals surface area contributed by atoms with E-state index in [0.717, 1.165) is 24.2 Å². The van der Waals surface area contributed by atoms with Crippen LogP contribution in [-0.4, -0.2) is 30.6 Å². The molecule has 9 heteroatoms. The lowest BCUT2D eigenvalue weighted by Crippen LogP contribution is -2.44. The SMILES string of the molecule is CCOC(=O)C1C(=O)N(c2c(F)c(OC)cc(C3CCC3)c2F)Cc2cnc(Cl)cc21. The number of hydrogen-bond donors (Lipinski definition) is 0. The molecular weight excluding hydrogens is 430 g/mol. The number of pyridine rings is 1. The number of hydrogen-bond acceptors (Lipinski definition) is 5. The molecule has 1 fully saturated rings. The molecule has 2 heterocycles. The Morgan fingerprint density at radius 3 is 2.61 bits per heavy atom. The van der Waals surface area contributed by atoms with Gasteiger partial charge in [0.1, 0.15) is 10.8 Å². The second-order valence-corrected chi connectivity index (χ2v) is 7.97. The Kier molecular flexibility index (Phi) is 5.83. The van der Waals surface area contributed by atoms with Gasteiger partial charge < -0.3 is 14.4 Å². The van der Waals surface area contributed by atoms with Crippen molar-refractivity contribution in [2.45, 2.75) is 44.6 Å². The molecule has 1 aliphatic heterocycles. The van der Waals surface area contributed by atoms with E-state index in [9.17, 15) is 9.59 Å². The number of amides is 1. The third kappa shape index (κ3) is 3.63. The fourth-order valence-electron chi connectivity index (χ4n) is 4.07. The summed E-state index contributed by atoms with van der Waals surface area (Å²) in [6, 6.07) is 2.76. The highest BCUT2D eigenvalue weighted by atomic mass is 35.5. The monoisotopic (exact) mass is 450 g/mol. The number of benzene rings is 1. The van der Waals surface area contributed by atoms with Crippen LogP contribution in [0.1, 0.15) is 54.7 Å². The van der Waals surface area contributed by atoms with Crippen LogP contribution in [0.25, 0.3) is 0 Å². The lowest BCUT2D eigenvalue weighted by atomic mass is 9.79. The lowest BCUT2D eigenvalue weighted by Gasteiger charge is -2.35. The molecule has 1 saturated carbocycles. The van der Waals surface area contributed by atoms with Crippen LogP contribution in [0.2, 0.25) is 5.15 Å². The number of carbonyl (C=O) groups excluding carboxylic acids is 2. The third-order valence-electron chi connectivity index (χ3n) is 5.87. The highest BCUT2D eigenvalue weighted by Crippen LogP contribution is 2.45. The van der Waals surface area contributed by atoms with Gasteiger partial charge >= 0.3 is 5.97 Å². The Hall–Kier alpha value is -2.74. The van der Waals surface area contributed by atoms with Crippen LogP contribution in [-0.2, 0) is 20.9 Å². The summed E-state index contributed by atoms with van der Waals surface area (Å²) in [5.74, 6) is -5.04. The van der Waals surface area contributed by atoms with Gasteiger partial charge in [0.25, 0.3) is 0 Å². The van der Waals surface area contributed by atoms with Crippen molar-refractivity contribution < 1.29 is 27.8 Å². The second-order valence-electron chi connectivity index (χ2n) is 7.59. The number of fused-ring (bicyclic) bond motifs is 1. The number of anilines is 1. The van der Waals surface area contributed by atoms with Crippen molar-refractivity contribution in [3.63, 3.8) is 0 Å². The first-order chi connectivity index (χ1) is 14.9. The highest BCUT2D eigenvalue weighted by molar-refractivity contribution is 6.29. The zero-order valence-corrected chi connectivity index (χ0v) is 17.8. The van der Waals surface area contributed by atoms with Crippen molar-refractivity contribution in [2.24, 2.45) is 0 Å². The van der Waals surface area contributed by atoms with Crippen molar-refractivity contribution in [3.05, 3.63) is 51.8 Å². The first kappa shape index (κ1) is 21.5. The third-order valence-corrected chi connectivity index (χ3v) is 6.08. The molecule has 0 N–H and O–H groups in total. The van der Waals surface area contributed by atoms with Crippen molar-refractivity contribution in [1.29, 1.82) is 0 Å². The van der Waals surface area contributed by atoms with E-state index in [4.69, 9.17) is 21.1 Å². The lowest BCUT2D eigenvalue weighted by molar-refractivity contribution is -0.148. The second kappa shape index (κ2) is 8.42. The largest absolute Gasteiger partial charge is 0.494 e. The molecule has 1 amide bonds. The molecule has 1 aromatic heterocycles. The molecule has 0 radical (unpaired) electrons. The van der Waals surface area contributed by atoms with E-state index < -0.39 is 35.1 Å². The van der Waals surface area contributed by atoms with Crippen LogP contribution < -0.4 is 9.64 Å². The Balaban J connectivity index is 1.87. The fourth-order valence-corrected chi connectivity index (χ4v) is 4.24. The number of nitrogens with zero attached hydrogens (tertiary/aromatic N) is 2. The fraction of sp³-hybridized carbons (Fsp3) is 0.409. The van der Waals surface area contributed by atoms with Crippen molar-refractivity contribution in [2.75, 3.05) is 18.6 Å². The molecule has 6 nitrogen and oxygen atoms in total. The van der Waals surface area contributed by atoms with E-state index in [1.54, 1.807) is 6.92 Å². The minimum absolute atomic E-state index is 0.0461. The Labute approximate surface area is 183 Å². The molecular formula is C22H21ClF2N2O4. The number of ether oxygens (including phenoxy) is 2. The molecule has 1 atom stereocenters. The minimum Gasteiger partial charge on any atom is -0.494 e. The zero-order chi connectivity index (χ0) is 22.3. The van der Waals surface area contributed by atoms with E-state index in [1.165, 1.54) is 25.4 Å². The predicted octanol–water partition coefficient (Wildman–Crippen LogP) is 4.48. The van der Waals surface area contributed by atoms with Gasteiger partial charge in [0, 0.05) is 6.20 Å². The van der Waals surface area contributed by atoms with Gasteiger partial charge in [-0.25, -0.2) is 13.8 Å². The molecule has 1 aromatic carbocycles. The maximum absolute atomic E-state index is 15.6. The van der Waals surface area contributed by atoms with Crippen molar-refractivity contribution in [3.8, 4) is 5.75 Å². The van der Waals surface area contributed by atoms with Gasteiger partial charge in [-0.05, 0) is 54.5 Å². The number of halogens is 3. The van der Waals surface area contributed by atoms with Crippen LogP contribution in [0.3, 0.4) is 0 Å². The summed E-state index contributed by atoms with van der Waals surface area (Å²) < 4.78 is 41.0. The predicted molar refractivity (Wildman–Crippen MR) is 109 cm³/mol. The molecule has 31 heavy (non-hydrogen) atoms. The average Bonchev–Trinajstić information content (AvgIpc) is 2.69. The van der Waals surface area contributed by atoms with E-state index in [-0.39, 0.29) is 30.0 Å². The van der Waals surface area contributed by atoms with Crippen LogP contribution in [0, 0.1) is 11.6 Å². The molecule has 1 unspecified atom stereocenters. The normalized spacial score (nSPS) is 18.4. The maximum Gasteiger partial charge on any atom is 0.323 e. The number of carbonyl (C=O) groups is 2. The smallest absolute Gasteiger partial charge is 0.323 e. The summed E-state index contributed by atoms with van der Waals surface area (Å²) in [4.78, 5) is 30.9. The molecule has 2 aliphatic rings. The van der Waals surface area contributed by atoms with Gasteiger partial charge in [-0.2, -0.15) is 0 Å². The van der Waals surface area contributed by atoms with E-state index in [1.807, 2.05) is 0 Å². The highest BCUT2D eigenvalue weighted by Gasteiger charge is 2.43. The van der Waals surface area contributed by atoms with Crippen molar-refractivity contribution in [1.82, 2.24) is 4.98 Å². The minimum atomic E-state index is -1.40. The number of aromatic nitrogens is 1. The Bertz CT molecular complexity index is 1060. The van der Waals surface area contributed by atoms with E-state index in [0.29, 0.717) is 16.7 Å². The molecule has 2 aromatic rings. The van der Waals surface area contributed by atoms with Crippen LogP contribution in [0.5, 0.6) is 5.75 Å². The number of rotatable bonds is 5. The summed E-state index contributed by atoms with van der Waals surface area (Å²) in [6.45, 7) is 1.49. The van der Waals surface area contributed by atoms with Crippen LogP contribution >= 0.6 is 11.6 Å². The summed E-state index contributed by atoms with van der Waals surface area (Å²) >= 11 is 5.97. The standard InChI is InChI=1S/C22H21ClF2N2O4/c1-3-31-22(29)17-13-8-16(23)26-9-12(13)10-27(21(17)28)20-18(24)14(11-5-4-6-11)7-15(30-2)19(20)25/h7-9,11,17H,3-6,10H2,1-2H3. The quantitative estimate of drug-likeness (QED) is 0.381. The first-order valence-corrected chi connectivity index (χ1v) is 10.4. The summed E-state index contributed by atoms with van der Waals surface area (Å²) in [5, 5.41) is 0.0975. The molecule has 4 rings (SSSR count). The molecule has 164 valence electrons. The Morgan fingerprint density at radius 1 is 1.26 bits per heavy atom. The number of esters is 1. The molecule has 0 saturated heterocycles. The molecule has 0 spiro atoms. The van der Waals surface area contributed by atoms with Gasteiger partial charge in [-0.15, -0.1) is 0 Å². The van der Waals surface area contributed by atoms with Crippen LogP contribution in [0.4, 0.5) is 14.5 Å². The van der Waals surface area contributed by atoms with Gasteiger partial charge in [0.15, 0.2) is 23.3 Å². The molecule has 1 aliphatic carbocycles. The molecule has 0 bridgehead atoms. The van der Waals surface area contributed by atoms with Gasteiger partial charge in [0.2, 0.25) is 5.91 Å². The van der Waals surface area contributed by atoms with Crippen molar-refractivity contribution >= 4 is 29.2 Å². The summed E-state index contributed by atoms with van der Waals surface area (Å²) in [7, 11) is 1.28. The topological polar surface area (TPSA) is 68.7 Å². The Morgan fingerprint density at radius 2 is 2.00 bits per heavy atom. The van der Waals surface area contributed by atoms with Gasteiger partial charge in [0.05, 0.1) is 20.3 Å². The van der Waals surface area contributed by atoms with Gasteiger partial charge in [-0.1, -0.05) is 18.0 Å². The first-order valence-electron chi connectivity index (χ1n) is 10.1. The maximum atomic E-state index is 15.6. The summed E-state index contributed by atoms with van der Waals surface area (Å²) in [6.07, 6.45) is 3.89. The zero-order valence-electron chi connectivity index (χ0n) is 17.1. The summed E-state index contributed by atoms with van der Waals surface area (Å²) in [5.41, 5.74) is 0.553. The average molecular weight is 451 g/mol.